The molecule has 5 aromatic rings. The maximum absolute atomic E-state index is 14.1. The summed E-state index contributed by atoms with van der Waals surface area (Å²) in [7, 11) is -2.81. The molecule has 3 aromatic carbocycles. The van der Waals surface area contributed by atoms with E-state index in [2.05, 4.69) is 36.1 Å². The number of H-pyrrole nitrogens is 1. The molecule has 3 amide bonds. The van der Waals surface area contributed by atoms with E-state index in [9.17, 15) is 37.3 Å². The summed E-state index contributed by atoms with van der Waals surface area (Å²) in [5, 5.41) is 19.2. The smallest absolute Gasteiger partial charge is 0.305 e. The number of pyridine rings is 1. The van der Waals surface area contributed by atoms with Crippen LogP contribution >= 0.6 is 0 Å². The molecule has 302 valence electrons. The molecule has 1 aliphatic rings. The minimum Gasteiger partial charge on any atom is -0.481 e. The highest BCUT2D eigenvalue weighted by Crippen LogP contribution is 2.26. The van der Waals surface area contributed by atoms with E-state index in [-0.39, 0.29) is 47.7 Å². The Morgan fingerprint density at radius 3 is 2.52 bits per heavy atom. The normalized spacial score (nSPS) is 14.1. The lowest BCUT2D eigenvalue weighted by molar-refractivity contribution is -0.141. The lowest BCUT2D eigenvalue weighted by Gasteiger charge is -2.23. The molecular formula is C40H43N9O8S. The Kier molecular flexibility index (Phi) is 13.1. The molecule has 58 heavy (non-hydrogen) atoms. The Morgan fingerprint density at radius 1 is 1.00 bits per heavy atom. The molecule has 18 heteroatoms. The lowest BCUT2D eigenvalue weighted by atomic mass is 10.1. The van der Waals surface area contributed by atoms with Crippen molar-refractivity contribution < 1.29 is 37.3 Å². The zero-order chi connectivity index (χ0) is 41.2. The van der Waals surface area contributed by atoms with Crippen molar-refractivity contribution in [1.29, 1.82) is 0 Å². The second kappa shape index (κ2) is 18.5. The third-order valence-corrected chi connectivity index (χ3v) is 10.4. The number of anilines is 2. The fourth-order valence-electron chi connectivity index (χ4n) is 6.53. The summed E-state index contributed by atoms with van der Waals surface area (Å²) in [6, 6.07) is 20.8. The third kappa shape index (κ3) is 10.6. The number of aromatic nitrogens is 3. The molecule has 17 nitrogen and oxygen atoms in total. The molecule has 0 saturated heterocycles. The van der Waals surface area contributed by atoms with E-state index < -0.39 is 22.1 Å². The van der Waals surface area contributed by atoms with Crippen LogP contribution in [0, 0.1) is 0 Å². The Hall–Kier alpha value is -6.66. The van der Waals surface area contributed by atoms with Crippen LogP contribution in [-0.2, 0) is 32.8 Å². The van der Waals surface area contributed by atoms with Gasteiger partial charge in [0.15, 0.2) is 0 Å². The average molecular weight is 810 g/mol. The Labute approximate surface area is 334 Å². The van der Waals surface area contributed by atoms with Gasteiger partial charge in [-0.2, -0.15) is 13.5 Å². The number of benzene rings is 3. The molecule has 0 fully saturated rings. The van der Waals surface area contributed by atoms with Gasteiger partial charge >= 0.3 is 5.97 Å². The zero-order valence-electron chi connectivity index (χ0n) is 31.6. The molecule has 0 saturated carbocycles. The Bertz CT molecular complexity index is 2400. The molecule has 0 aliphatic carbocycles. The second-order valence-electron chi connectivity index (χ2n) is 13.8. The van der Waals surface area contributed by atoms with Crippen molar-refractivity contribution in [3.05, 3.63) is 113 Å². The number of carbonyl (C=O) groups is 4. The van der Waals surface area contributed by atoms with Gasteiger partial charge in [-0.25, -0.2) is 9.97 Å². The summed E-state index contributed by atoms with van der Waals surface area (Å²) in [4.78, 5) is 66.1. The molecule has 6 rings (SSSR count). The Balaban J connectivity index is 1.00. The summed E-state index contributed by atoms with van der Waals surface area (Å²) in [5.41, 5.74) is 6.60. The molecule has 1 atom stereocenters. The molecule has 0 spiro atoms. The number of hydrazone groups is 1. The van der Waals surface area contributed by atoms with Crippen LogP contribution in [0.25, 0.3) is 11.0 Å². The molecular weight excluding hydrogens is 767 g/mol. The summed E-state index contributed by atoms with van der Waals surface area (Å²) in [5.74, 6) is -0.976. The quantitative estimate of drug-likeness (QED) is 0.0329. The van der Waals surface area contributed by atoms with Gasteiger partial charge in [0.2, 0.25) is 5.91 Å². The fourth-order valence-corrected chi connectivity index (χ4v) is 7.20. The highest BCUT2D eigenvalue weighted by Gasteiger charge is 2.30. The number of nitrogens with zero attached hydrogens (tertiary/aromatic N) is 5. The number of fused-ring (bicyclic) bond motifs is 2. The number of hydrogen-bond donors (Lipinski definition) is 6. The maximum Gasteiger partial charge on any atom is 0.305 e. The van der Waals surface area contributed by atoms with Crippen molar-refractivity contribution in [3.63, 3.8) is 0 Å². The summed E-state index contributed by atoms with van der Waals surface area (Å²) in [6.45, 7) is 1.34. The van der Waals surface area contributed by atoms with Gasteiger partial charge in [0, 0.05) is 49.7 Å². The van der Waals surface area contributed by atoms with Gasteiger partial charge in [-0.1, -0.05) is 43.2 Å². The highest BCUT2D eigenvalue weighted by molar-refractivity contribution is 7.86. The van der Waals surface area contributed by atoms with Crippen LogP contribution in [-0.4, -0.2) is 98.9 Å². The number of likely N-dealkylation sites (N-methyl/N-ethyl adjacent to an activating group) is 1. The largest absolute Gasteiger partial charge is 0.481 e. The van der Waals surface area contributed by atoms with Crippen molar-refractivity contribution in [2.45, 2.75) is 56.1 Å². The minimum atomic E-state index is -4.42. The Morgan fingerprint density at radius 2 is 1.76 bits per heavy atom. The number of aliphatic carboxylic acids is 1. The maximum atomic E-state index is 14.1. The number of aromatic amines is 1. The van der Waals surface area contributed by atoms with Crippen molar-refractivity contribution in [2.24, 2.45) is 5.10 Å². The number of unbranched alkanes of at least 4 members (excludes halogenated alkanes) is 3. The molecule has 3 heterocycles. The average Bonchev–Trinajstić information content (AvgIpc) is 3.57. The third-order valence-electron chi connectivity index (χ3n) is 9.45. The van der Waals surface area contributed by atoms with E-state index in [4.69, 9.17) is 0 Å². The van der Waals surface area contributed by atoms with Crippen molar-refractivity contribution in [2.75, 3.05) is 30.9 Å². The fraction of sp³-hybridized carbons (Fsp3) is 0.275. The van der Waals surface area contributed by atoms with Crippen LogP contribution in [0.4, 0.5) is 11.5 Å². The lowest BCUT2D eigenvalue weighted by Crippen LogP contribution is -2.39. The number of hydrogen-bond acceptors (Lipinski definition) is 11. The van der Waals surface area contributed by atoms with Crippen LogP contribution in [0.1, 0.15) is 69.8 Å². The standard InChI is InChI=1S/C40H43N9O8S/c1-48-24-29-20-26(14-16-30(29)44-33(40(48)54)21-37(50)51)39(53)49(25-36-45-31-11-5-6-12-32(31)46-36)19-9-3-2-8-18-41-38(52)28-15-17-35(42-22-28)47-43-23-27-10-4-7-13-34(27)58(55,56)57/h4-7,10-17,20,22-23,33,44H,2-3,8-9,18-19,21,24-25H2,1H3,(H,41,52)(H,42,47)(H,45,46)(H,50,51)(H,55,56,57)/b43-23+. The first-order valence-corrected chi connectivity index (χ1v) is 20.0. The van der Waals surface area contributed by atoms with Crippen LogP contribution in [0.15, 0.2) is 95.1 Å². The first kappa shape index (κ1) is 41.0. The first-order valence-electron chi connectivity index (χ1n) is 18.5. The first-order chi connectivity index (χ1) is 27.9. The van der Waals surface area contributed by atoms with Crippen molar-refractivity contribution in [1.82, 2.24) is 30.1 Å². The minimum absolute atomic E-state index is 0.186. The van der Waals surface area contributed by atoms with Gasteiger partial charge in [0.1, 0.15) is 22.6 Å². The summed E-state index contributed by atoms with van der Waals surface area (Å²) < 4.78 is 32.5. The second-order valence-corrected chi connectivity index (χ2v) is 15.2. The molecule has 2 aromatic heterocycles. The van der Waals surface area contributed by atoms with E-state index in [1.54, 1.807) is 48.3 Å². The predicted octanol–water partition coefficient (Wildman–Crippen LogP) is 4.51. The van der Waals surface area contributed by atoms with Crippen LogP contribution < -0.4 is 16.1 Å². The van der Waals surface area contributed by atoms with Gasteiger partial charge in [0.05, 0.1) is 35.8 Å². The van der Waals surface area contributed by atoms with E-state index in [0.717, 1.165) is 23.9 Å². The molecule has 0 radical (unpaired) electrons. The summed E-state index contributed by atoms with van der Waals surface area (Å²) in [6.07, 6.45) is 5.26. The molecule has 1 unspecified atom stereocenters. The molecule has 1 aliphatic heterocycles. The SMILES string of the molecule is CN1Cc2cc(C(=O)N(CCCCCCNC(=O)c3ccc(N/N=C/c4ccccc4S(=O)(=O)O)nc3)Cc3nc4ccccc4[nH]3)ccc2NC(CC(=O)O)C1=O. The molecule has 6 N–H and O–H groups in total. The monoisotopic (exact) mass is 809 g/mol. The van der Waals surface area contributed by atoms with Crippen LogP contribution in [0.5, 0.6) is 0 Å². The number of amides is 3. The van der Waals surface area contributed by atoms with E-state index in [1.165, 1.54) is 35.5 Å². The van der Waals surface area contributed by atoms with Gasteiger partial charge in [-0.3, -0.25) is 29.2 Å². The number of nitrogens with one attached hydrogen (secondary N) is 4. The van der Waals surface area contributed by atoms with E-state index in [0.29, 0.717) is 60.0 Å². The number of para-hydroxylation sites is 2. The highest BCUT2D eigenvalue weighted by atomic mass is 32.2. The van der Waals surface area contributed by atoms with Gasteiger partial charge in [-0.15, -0.1) is 0 Å². The number of rotatable bonds is 17. The van der Waals surface area contributed by atoms with Gasteiger partial charge < -0.3 is 30.5 Å². The zero-order valence-corrected chi connectivity index (χ0v) is 32.4. The van der Waals surface area contributed by atoms with Gasteiger partial charge in [0.25, 0.3) is 21.9 Å². The van der Waals surface area contributed by atoms with Gasteiger partial charge in [-0.05, 0) is 66.9 Å². The number of carboxylic acid groups (broad SMARTS) is 1. The van der Waals surface area contributed by atoms with Crippen LogP contribution in [0.2, 0.25) is 0 Å². The molecule has 0 bridgehead atoms. The van der Waals surface area contributed by atoms with Crippen molar-refractivity contribution in [3.8, 4) is 0 Å². The van der Waals surface area contributed by atoms with E-state index in [1.807, 2.05) is 24.3 Å². The van der Waals surface area contributed by atoms with Crippen LogP contribution in [0.3, 0.4) is 0 Å². The predicted molar refractivity (Wildman–Crippen MR) is 216 cm³/mol. The summed E-state index contributed by atoms with van der Waals surface area (Å²) >= 11 is 0. The van der Waals surface area contributed by atoms with E-state index >= 15 is 0 Å². The topological polar surface area (TPSA) is 239 Å². The number of carbonyl (C=O) groups excluding carboxylic acids is 3. The number of carboxylic acids is 1. The van der Waals surface area contributed by atoms with Crippen molar-refractivity contribution >= 4 is 62.6 Å². The number of imidazole rings is 1.